The number of nitrogens with zero attached hydrogens (tertiary/aromatic N) is 2. The van der Waals surface area contributed by atoms with Crippen molar-refractivity contribution in [1.29, 1.82) is 5.41 Å². The summed E-state index contributed by atoms with van der Waals surface area (Å²) in [4.78, 5) is 21.3. The first-order valence-corrected chi connectivity index (χ1v) is 10.9. The number of hydrogen-bond acceptors (Lipinski definition) is 5. The van der Waals surface area contributed by atoms with Gasteiger partial charge >= 0.3 is 6.03 Å². The number of hydrogen-bond donors (Lipinski definition) is 4. The van der Waals surface area contributed by atoms with E-state index in [-0.39, 0.29) is 12.1 Å². The van der Waals surface area contributed by atoms with Crippen molar-refractivity contribution in [1.82, 2.24) is 15.3 Å². The summed E-state index contributed by atoms with van der Waals surface area (Å²) in [6.07, 6.45) is 8.91. The van der Waals surface area contributed by atoms with Gasteiger partial charge in [0.1, 0.15) is 5.82 Å². The van der Waals surface area contributed by atoms with Crippen LogP contribution < -0.4 is 16.0 Å². The van der Waals surface area contributed by atoms with Gasteiger partial charge in [0.15, 0.2) is 0 Å². The van der Waals surface area contributed by atoms with E-state index >= 15 is 0 Å². The summed E-state index contributed by atoms with van der Waals surface area (Å²) in [6, 6.07) is 15.7. The fourth-order valence-corrected chi connectivity index (χ4v) is 4.27. The number of amides is 2. The summed E-state index contributed by atoms with van der Waals surface area (Å²) in [5, 5.41) is 17.0. The molecule has 0 spiro atoms. The lowest BCUT2D eigenvalue weighted by molar-refractivity contribution is 0.240. The number of urea groups is 1. The molecule has 1 aromatic carbocycles. The van der Waals surface area contributed by atoms with Crippen LogP contribution in [0.2, 0.25) is 0 Å². The van der Waals surface area contributed by atoms with Crippen LogP contribution in [0.25, 0.3) is 0 Å². The molecule has 0 bridgehead atoms. The molecule has 164 valence electrons. The molecule has 2 amide bonds. The zero-order valence-electron chi connectivity index (χ0n) is 18.1. The topological polar surface area (TPSA) is 103 Å². The molecule has 3 aromatic rings. The molecular formula is C25H28N6O. The highest BCUT2D eigenvalue weighted by atomic mass is 16.2. The molecule has 1 aliphatic rings. The van der Waals surface area contributed by atoms with Crippen molar-refractivity contribution in [3.05, 3.63) is 77.7 Å². The number of carbonyl (C=O) groups excluding carboxylic acids is 1. The van der Waals surface area contributed by atoms with E-state index in [0.717, 1.165) is 30.6 Å². The molecule has 4 N–H and O–H groups in total. The second-order valence-corrected chi connectivity index (χ2v) is 8.12. The number of carbonyl (C=O) groups is 1. The van der Waals surface area contributed by atoms with Crippen molar-refractivity contribution in [3.8, 4) is 0 Å². The molecule has 2 atom stereocenters. The predicted octanol–water partition coefficient (Wildman–Crippen LogP) is 5.37. The predicted molar refractivity (Wildman–Crippen MR) is 128 cm³/mol. The highest BCUT2D eigenvalue weighted by Crippen LogP contribution is 2.33. The number of pyridine rings is 2. The lowest BCUT2D eigenvalue weighted by atomic mass is 9.80. The first-order chi connectivity index (χ1) is 15.6. The Morgan fingerprint density at radius 2 is 1.91 bits per heavy atom. The number of aromatic nitrogens is 2. The third-order valence-electron chi connectivity index (χ3n) is 5.82. The molecule has 0 aliphatic heterocycles. The maximum Gasteiger partial charge on any atom is 0.320 e. The van der Waals surface area contributed by atoms with Crippen LogP contribution in [-0.4, -0.2) is 28.3 Å². The minimum atomic E-state index is -0.272. The van der Waals surface area contributed by atoms with Crippen molar-refractivity contribution < 1.29 is 4.79 Å². The van der Waals surface area contributed by atoms with E-state index in [1.165, 1.54) is 18.2 Å². The van der Waals surface area contributed by atoms with Crippen molar-refractivity contribution in [3.63, 3.8) is 0 Å². The SMILES string of the molecule is Cc1cc(Nc2cnc(NC(=O)N[C@H]3CCCC[C@@H]3c3ccccc3)cc2C=N)ccn1. The molecule has 32 heavy (non-hydrogen) atoms. The maximum atomic E-state index is 12.7. The molecule has 1 saturated carbocycles. The van der Waals surface area contributed by atoms with Crippen LogP contribution >= 0.6 is 0 Å². The summed E-state index contributed by atoms with van der Waals surface area (Å²) in [5.74, 6) is 0.723. The van der Waals surface area contributed by atoms with Gasteiger partial charge in [0.2, 0.25) is 0 Å². The van der Waals surface area contributed by atoms with Gasteiger partial charge in [-0.1, -0.05) is 43.2 Å². The first kappa shape index (κ1) is 21.5. The third-order valence-corrected chi connectivity index (χ3v) is 5.82. The minimum Gasteiger partial charge on any atom is -0.354 e. The molecule has 1 fully saturated rings. The zero-order valence-corrected chi connectivity index (χ0v) is 18.1. The van der Waals surface area contributed by atoms with Crippen LogP contribution in [0.4, 0.5) is 22.0 Å². The van der Waals surface area contributed by atoms with E-state index in [1.807, 2.05) is 37.3 Å². The van der Waals surface area contributed by atoms with E-state index in [1.54, 1.807) is 18.5 Å². The number of nitrogens with one attached hydrogen (secondary N) is 4. The number of benzene rings is 1. The lowest BCUT2D eigenvalue weighted by Crippen LogP contribution is -2.43. The van der Waals surface area contributed by atoms with Crippen molar-refractivity contribution in [2.75, 3.05) is 10.6 Å². The van der Waals surface area contributed by atoms with E-state index < -0.39 is 0 Å². The summed E-state index contributed by atoms with van der Waals surface area (Å²) >= 11 is 0. The first-order valence-electron chi connectivity index (χ1n) is 10.9. The monoisotopic (exact) mass is 428 g/mol. The van der Waals surface area contributed by atoms with Gasteiger partial charge < -0.3 is 16.0 Å². The highest BCUT2D eigenvalue weighted by Gasteiger charge is 2.27. The quantitative estimate of drug-likeness (QED) is 0.396. The summed E-state index contributed by atoms with van der Waals surface area (Å²) < 4.78 is 0. The fourth-order valence-electron chi connectivity index (χ4n) is 4.27. The number of anilines is 3. The maximum absolute atomic E-state index is 12.7. The van der Waals surface area contributed by atoms with Crippen LogP contribution in [0.3, 0.4) is 0 Å². The normalized spacial score (nSPS) is 17.9. The second-order valence-electron chi connectivity index (χ2n) is 8.12. The van der Waals surface area contributed by atoms with Gasteiger partial charge in [0.05, 0.1) is 11.9 Å². The van der Waals surface area contributed by atoms with Crippen LogP contribution in [0.5, 0.6) is 0 Å². The van der Waals surface area contributed by atoms with E-state index in [0.29, 0.717) is 23.0 Å². The van der Waals surface area contributed by atoms with Crippen LogP contribution in [0.1, 0.15) is 48.4 Å². The summed E-state index contributed by atoms with van der Waals surface area (Å²) in [5.41, 5.74) is 4.34. The largest absolute Gasteiger partial charge is 0.354 e. The van der Waals surface area contributed by atoms with Crippen molar-refractivity contribution >= 4 is 29.4 Å². The smallest absolute Gasteiger partial charge is 0.320 e. The third kappa shape index (κ3) is 5.29. The Labute approximate surface area is 188 Å². The number of rotatable bonds is 6. The molecule has 7 heteroatoms. The van der Waals surface area contributed by atoms with Gasteiger partial charge in [0.25, 0.3) is 0 Å². The highest BCUT2D eigenvalue weighted by molar-refractivity contribution is 5.92. The standard InChI is InChI=1S/C25H28N6O/c1-17-13-20(11-12-27-17)29-23-16-28-24(14-19(23)15-26)31-25(32)30-22-10-6-5-9-21(22)18-7-3-2-4-8-18/h2-4,7-8,11-16,21-22,26H,5-6,9-10H2,1H3,(H,27,29)(H2,28,30,31,32)/t21-,22+/m1/s1. The Morgan fingerprint density at radius 3 is 2.69 bits per heavy atom. The second kappa shape index (κ2) is 10.0. The van der Waals surface area contributed by atoms with Crippen molar-refractivity contribution in [2.45, 2.75) is 44.6 Å². The van der Waals surface area contributed by atoms with E-state index in [4.69, 9.17) is 5.41 Å². The minimum absolute atomic E-state index is 0.0872. The average molecular weight is 429 g/mol. The Hall–Kier alpha value is -3.74. The summed E-state index contributed by atoms with van der Waals surface area (Å²) in [7, 11) is 0. The molecule has 0 unspecified atom stereocenters. The van der Waals surface area contributed by atoms with Gasteiger partial charge in [-0.05, 0) is 43.5 Å². The van der Waals surface area contributed by atoms with Crippen LogP contribution in [-0.2, 0) is 0 Å². The Balaban J connectivity index is 1.43. The molecule has 2 aromatic heterocycles. The molecule has 4 rings (SSSR count). The van der Waals surface area contributed by atoms with E-state index in [2.05, 4.69) is 38.1 Å². The molecule has 1 aliphatic carbocycles. The van der Waals surface area contributed by atoms with Crippen LogP contribution in [0, 0.1) is 12.3 Å². The van der Waals surface area contributed by atoms with Gasteiger partial charge in [-0.25, -0.2) is 9.78 Å². The van der Waals surface area contributed by atoms with Crippen molar-refractivity contribution in [2.24, 2.45) is 0 Å². The Bertz CT molecular complexity index is 1080. The van der Waals surface area contributed by atoms with Gasteiger partial charge in [-0.3, -0.25) is 10.3 Å². The van der Waals surface area contributed by atoms with E-state index in [9.17, 15) is 4.79 Å². The van der Waals surface area contributed by atoms with Gasteiger partial charge in [-0.15, -0.1) is 0 Å². The number of aryl methyl sites for hydroxylation is 1. The average Bonchev–Trinajstić information content (AvgIpc) is 2.81. The molecule has 0 saturated heterocycles. The molecular weight excluding hydrogens is 400 g/mol. The Morgan fingerprint density at radius 1 is 1.09 bits per heavy atom. The van der Waals surface area contributed by atoms with Gasteiger partial charge in [0, 0.05) is 41.3 Å². The Kier molecular flexibility index (Phi) is 6.75. The summed E-state index contributed by atoms with van der Waals surface area (Å²) in [6.45, 7) is 1.92. The van der Waals surface area contributed by atoms with Gasteiger partial charge in [-0.2, -0.15) is 0 Å². The molecule has 2 heterocycles. The lowest BCUT2D eigenvalue weighted by Gasteiger charge is -2.32. The van der Waals surface area contributed by atoms with Crippen LogP contribution in [0.15, 0.2) is 60.9 Å². The molecule has 7 nitrogen and oxygen atoms in total. The molecule has 0 radical (unpaired) electrons. The fraction of sp³-hybridized carbons (Fsp3) is 0.280. The zero-order chi connectivity index (χ0) is 22.3.